The number of ether oxygens (including phenoxy) is 2. The lowest BCUT2D eigenvalue weighted by molar-refractivity contribution is -0.212. The lowest BCUT2D eigenvalue weighted by atomic mass is 9.95. The maximum Gasteiger partial charge on any atom is 0.221 e. The molecular formula is C35H45N7O2. The minimum atomic E-state index is -0.492. The number of nitrogens with one attached hydrogen (secondary N) is 1. The van der Waals surface area contributed by atoms with Crippen molar-refractivity contribution in [2.24, 2.45) is 0 Å². The quantitative estimate of drug-likeness (QED) is 0.186. The largest absolute Gasteiger partial charge is 0.342 e. The molecule has 3 aliphatic carbocycles. The first-order valence-electron chi connectivity index (χ1n) is 17.0. The number of H-pyrrole nitrogens is 1. The molecular weight excluding hydrogens is 550 g/mol. The third kappa shape index (κ3) is 6.94. The maximum absolute atomic E-state index is 6.72. The molecule has 3 saturated carbocycles. The van der Waals surface area contributed by atoms with E-state index >= 15 is 0 Å². The van der Waals surface area contributed by atoms with E-state index in [0.717, 1.165) is 67.5 Å². The van der Waals surface area contributed by atoms with Gasteiger partial charge in [-0.2, -0.15) is 10.3 Å². The summed E-state index contributed by atoms with van der Waals surface area (Å²) in [6, 6.07) is 17.3. The van der Waals surface area contributed by atoms with Gasteiger partial charge in [-0.05, 0) is 60.4 Å². The van der Waals surface area contributed by atoms with Gasteiger partial charge >= 0.3 is 0 Å². The molecule has 3 fully saturated rings. The summed E-state index contributed by atoms with van der Waals surface area (Å²) in [5, 5.41) is 19.9. The van der Waals surface area contributed by atoms with Gasteiger partial charge in [0.2, 0.25) is 17.9 Å². The summed E-state index contributed by atoms with van der Waals surface area (Å²) in [4.78, 5) is 5.22. The van der Waals surface area contributed by atoms with E-state index in [9.17, 15) is 0 Å². The molecule has 9 nitrogen and oxygen atoms in total. The van der Waals surface area contributed by atoms with Crippen LogP contribution in [0.15, 0.2) is 48.5 Å². The summed E-state index contributed by atoms with van der Waals surface area (Å²) in [6.45, 7) is 0. The molecule has 0 aliphatic heterocycles. The molecule has 4 aromatic rings. The van der Waals surface area contributed by atoms with Gasteiger partial charge in [0.25, 0.3) is 0 Å². The maximum atomic E-state index is 6.72. The van der Waals surface area contributed by atoms with Crippen LogP contribution in [0.25, 0.3) is 22.5 Å². The molecule has 2 aromatic carbocycles. The Bertz CT molecular complexity index is 1430. The van der Waals surface area contributed by atoms with E-state index in [4.69, 9.17) is 19.6 Å². The number of aromatic nitrogens is 7. The van der Waals surface area contributed by atoms with Crippen LogP contribution in [0.4, 0.5) is 0 Å². The number of nitrogens with zero attached hydrogens (tertiary/aromatic N) is 6. The minimum absolute atomic E-state index is 0.227. The van der Waals surface area contributed by atoms with Crippen molar-refractivity contribution in [1.29, 1.82) is 0 Å². The van der Waals surface area contributed by atoms with Gasteiger partial charge in [-0.15, -0.1) is 10.2 Å². The molecule has 3 aliphatic rings. The van der Waals surface area contributed by atoms with Crippen LogP contribution in [0, 0.1) is 0 Å². The van der Waals surface area contributed by atoms with Crippen LogP contribution in [0.1, 0.15) is 126 Å². The van der Waals surface area contributed by atoms with Crippen LogP contribution in [-0.2, 0) is 15.9 Å². The average Bonchev–Trinajstić information content (AvgIpc) is 3.78. The second-order valence-electron chi connectivity index (χ2n) is 12.9. The van der Waals surface area contributed by atoms with E-state index < -0.39 is 6.29 Å². The predicted molar refractivity (Wildman–Crippen MR) is 169 cm³/mol. The SMILES string of the molecule is c1ccc(-c2nn[nH]n2)c(-c2ccc(Cc3nc(C(OC4CCCCC4)OC4CCCCC4)nn3C3CCCCC3)cc2)c1. The minimum Gasteiger partial charge on any atom is -0.342 e. The van der Waals surface area contributed by atoms with Gasteiger partial charge in [-0.25, -0.2) is 9.67 Å². The molecule has 0 saturated heterocycles. The molecule has 1 N–H and O–H groups in total. The Balaban J connectivity index is 1.16. The Kier molecular flexibility index (Phi) is 9.40. The summed E-state index contributed by atoms with van der Waals surface area (Å²) in [6.07, 6.45) is 18.7. The number of benzene rings is 2. The van der Waals surface area contributed by atoms with Crippen molar-refractivity contribution in [2.45, 2.75) is 127 Å². The zero-order valence-electron chi connectivity index (χ0n) is 25.7. The van der Waals surface area contributed by atoms with Crippen molar-refractivity contribution in [1.82, 2.24) is 35.4 Å². The van der Waals surface area contributed by atoms with Crippen LogP contribution < -0.4 is 0 Å². The van der Waals surface area contributed by atoms with Crippen molar-refractivity contribution in [3.05, 3.63) is 65.7 Å². The number of hydrogen-bond acceptors (Lipinski definition) is 7. The van der Waals surface area contributed by atoms with E-state index in [1.165, 1.54) is 63.4 Å². The van der Waals surface area contributed by atoms with Crippen LogP contribution in [0.3, 0.4) is 0 Å². The van der Waals surface area contributed by atoms with Crippen LogP contribution in [-0.4, -0.2) is 47.6 Å². The highest BCUT2D eigenvalue weighted by atomic mass is 16.7. The van der Waals surface area contributed by atoms with Crippen molar-refractivity contribution in [3.8, 4) is 22.5 Å². The molecule has 232 valence electrons. The number of tetrazole rings is 1. The molecule has 0 spiro atoms. The first-order valence-corrected chi connectivity index (χ1v) is 17.0. The van der Waals surface area contributed by atoms with E-state index in [-0.39, 0.29) is 12.2 Å². The highest BCUT2D eigenvalue weighted by Crippen LogP contribution is 2.35. The Morgan fingerprint density at radius 2 is 1.34 bits per heavy atom. The van der Waals surface area contributed by atoms with Gasteiger partial charge < -0.3 is 9.47 Å². The Labute approximate surface area is 260 Å². The van der Waals surface area contributed by atoms with E-state index in [1.54, 1.807) is 0 Å². The monoisotopic (exact) mass is 595 g/mol. The van der Waals surface area contributed by atoms with E-state index in [1.807, 2.05) is 18.2 Å². The standard InChI is InChI=1S/C35H45N7O2/c1-4-12-27(13-5-1)42-32(24-25-20-22-26(23-21-25)30-18-10-11-19-31(30)33-37-40-41-38-33)36-34(39-42)35(43-28-14-6-2-7-15-28)44-29-16-8-3-9-17-29/h10-11,18-23,27-29,35H,1-9,12-17,24H2,(H,37,38,40,41). The Hall–Kier alpha value is -3.43. The lowest BCUT2D eigenvalue weighted by Gasteiger charge is -2.30. The first kappa shape index (κ1) is 29.3. The molecule has 2 heterocycles. The topological polar surface area (TPSA) is 104 Å². The normalized spacial score (nSPS) is 19.1. The lowest BCUT2D eigenvalue weighted by Crippen LogP contribution is -2.27. The van der Waals surface area contributed by atoms with Crippen LogP contribution in [0.2, 0.25) is 0 Å². The fraction of sp³-hybridized carbons (Fsp3) is 0.571. The summed E-state index contributed by atoms with van der Waals surface area (Å²) < 4.78 is 15.7. The molecule has 44 heavy (non-hydrogen) atoms. The predicted octanol–water partition coefficient (Wildman–Crippen LogP) is 7.92. The van der Waals surface area contributed by atoms with Crippen molar-refractivity contribution >= 4 is 0 Å². The fourth-order valence-electron chi connectivity index (χ4n) is 7.31. The molecule has 7 rings (SSSR count). The third-order valence-electron chi connectivity index (χ3n) is 9.73. The fourth-order valence-corrected chi connectivity index (χ4v) is 7.31. The van der Waals surface area contributed by atoms with E-state index in [2.05, 4.69) is 55.6 Å². The first-order chi connectivity index (χ1) is 21.8. The number of aromatic amines is 1. The molecule has 0 amide bonds. The summed E-state index contributed by atoms with van der Waals surface area (Å²) >= 11 is 0. The second kappa shape index (κ2) is 14.1. The van der Waals surface area contributed by atoms with Gasteiger partial charge in [-0.3, -0.25) is 0 Å². The zero-order chi connectivity index (χ0) is 29.6. The smallest absolute Gasteiger partial charge is 0.221 e. The van der Waals surface area contributed by atoms with Gasteiger partial charge in [0, 0.05) is 12.0 Å². The molecule has 0 bridgehead atoms. The van der Waals surface area contributed by atoms with Crippen LogP contribution in [0.5, 0.6) is 0 Å². The zero-order valence-corrected chi connectivity index (χ0v) is 25.7. The van der Waals surface area contributed by atoms with Crippen LogP contribution >= 0.6 is 0 Å². The Morgan fingerprint density at radius 3 is 1.95 bits per heavy atom. The third-order valence-corrected chi connectivity index (χ3v) is 9.73. The van der Waals surface area contributed by atoms with Crippen molar-refractivity contribution in [3.63, 3.8) is 0 Å². The number of hydrogen-bond donors (Lipinski definition) is 1. The molecule has 9 heteroatoms. The van der Waals surface area contributed by atoms with Crippen molar-refractivity contribution in [2.75, 3.05) is 0 Å². The van der Waals surface area contributed by atoms with E-state index in [0.29, 0.717) is 17.7 Å². The highest BCUT2D eigenvalue weighted by molar-refractivity contribution is 5.80. The second-order valence-corrected chi connectivity index (χ2v) is 12.9. The average molecular weight is 596 g/mol. The molecule has 0 radical (unpaired) electrons. The van der Waals surface area contributed by atoms with Gasteiger partial charge in [-0.1, -0.05) is 106 Å². The van der Waals surface area contributed by atoms with Gasteiger partial charge in [0.05, 0.1) is 18.2 Å². The Morgan fingerprint density at radius 1 is 0.727 bits per heavy atom. The van der Waals surface area contributed by atoms with Gasteiger partial charge in [0.1, 0.15) is 5.82 Å². The molecule has 2 aromatic heterocycles. The highest BCUT2D eigenvalue weighted by Gasteiger charge is 2.31. The summed E-state index contributed by atoms with van der Waals surface area (Å²) in [7, 11) is 0. The number of rotatable bonds is 10. The van der Waals surface area contributed by atoms with Gasteiger partial charge in [0.15, 0.2) is 0 Å². The summed E-state index contributed by atoms with van der Waals surface area (Å²) in [5.74, 6) is 2.32. The molecule has 0 atom stereocenters. The summed E-state index contributed by atoms with van der Waals surface area (Å²) in [5.41, 5.74) is 4.36. The molecule has 0 unspecified atom stereocenters. The van der Waals surface area contributed by atoms with Crippen molar-refractivity contribution < 1.29 is 9.47 Å².